The van der Waals surface area contributed by atoms with Crippen LogP contribution in [0.1, 0.15) is 49.4 Å². The fourth-order valence-corrected chi connectivity index (χ4v) is 3.56. The van der Waals surface area contributed by atoms with Crippen LogP contribution in [0.4, 0.5) is 0 Å². The van der Waals surface area contributed by atoms with Crippen LogP contribution in [-0.2, 0) is 6.42 Å². The highest BCUT2D eigenvalue weighted by Gasteiger charge is 2.21. The first-order valence-electron chi connectivity index (χ1n) is 9.26. The fraction of sp³-hybridized carbons (Fsp3) is 0.381. The molecule has 132 valence electrons. The summed E-state index contributed by atoms with van der Waals surface area (Å²) in [5.74, 6) is 0.493. The number of nitrogens with zero attached hydrogens (tertiary/aromatic N) is 2. The van der Waals surface area contributed by atoms with E-state index >= 15 is 0 Å². The number of fused-ring (bicyclic) bond motifs is 1. The minimum absolute atomic E-state index is 0.493. The van der Waals surface area contributed by atoms with Crippen molar-refractivity contribution in [3.63, 3.8) is 0 Å². The summed E-state index contributed by atoms with van der Waals surface area (Å²) in [7, 11) is 0. The minimum Gasteiger partial charge on any atom is -0.412 e. The Balaban J connectivity index is 0.000000880. The van der Waals surface area contributed by atoms with Crippen molar-refractivity contribution in [2.75, 3.05) is 13.1 Å². The van der Waals surface area contributed by atoms with Gasteiger partial charge in [0.15, 0.2) is 0 Å². The van der Waals surface area contributed by atoms with E-state index in [9.17, 15) is 5.21 Å². The number of piperidine rings is 1. The molecule has 0 amide bonds. The molecule has 0 radical (unpaired) electrons. The van der Waals surface area contributed by atoms with Gasteiger partial charge in [0.05, 0.1) is 11.9 Å². The van der Waals surface area contributed by atoms with E-state index < -0.39 is 0 Å². The highest BCUT2D eigenvalue weighted by atomic mass is 16.5. The fourth-order valence-electron chi connectivity index (χ4n) is 3.56. The lowest BCUT2D eigenvalue weighted by atomic mass is 9.89. The summed E-state index contributed by atoms with van der Waals surface area (Å²) < 4.78 is 0. The van der Waals surface area contributed by atoms with E-state index in [1.807, 2.05) is 13.8 Å². The molecule has 1 aromatic heterocycles. The van der Waals surface area contributed by atoms with E-state index in [2.05, 4.69) is 52.9 Å². The molecule has 4 heteroatoms. The molecule has 0 atom stereocenters. The Morgan fingerprint density at radius 2 is 1.80 bits per heavy atom. The Morgan fingerprint density at radius 1 is 1.08 bits per heavy atom. The lowest BCUT2D eigenvalue weighted by Crippen LogP contribution is -2.26. The number of benzene rings is 2. The van der Waals surface area contributed by atoms with Crippen LogP contribution in [0.5, 0.6) is 0 Å². The molecule has 0 unspecified atom stereocenters. The molecule has 4 rings (SSSR count). The molecule has 0 aliphatic carbocycles. The van der Waals surface area contributed by atoms with Gasteiger partial charge < -0.3 is 10.5 Å². The molecule has 1 aliphatic rings. The predicted molar refractivity (Wildman–Crippen MR) is 102 cm³/mol. The number of aromatic nitrogens is 2. The summed E-state index contributed by atoms with van der Waals surface area (Å²) in [5, 5.41) is 20.0. The van der Waals surface area contributed by atoms with Crippen molar-refractivity contribution in [2.24, 2.45) is 0 Å². The number of hydrogen-bond donors (Lipinski definition) is 2. The van der Waals surface area contributed by atoms with Gasteiger partial charge in [-0.1, -0.05) is 56.3 Å². The maximum absolute atomic E-state index is 9.80. The third-order valence-electron chi connectivity index (χ3n) is 4.78. The third-order valence-corrected chi connectivity index (χ3v) is 4.78. The summed E-state index contributed by atoms with van der Waals surface area (Å²) in [6.45, 7) is 6.08. The van der Waals surface area contributed by atoms with E-state index in [1.165, 1.54) is 21.9 Å². The Labute approximate surface area is 149 Å². The van der Waals surface area contributed by atoms with Crippen LogP contribution in [0, 0.1) is 0 Å². The van der Waals surface area contributed by atoms with Gasteiger partial charge in [0, 0.05) is 12.0 Å². The monoisotopic (exact) mass is 337 g/mol. The second kappa shape index (κ2) is 8.17. The molecule has 0 spiro atoms. The van der Waals surface area contributed by atoms with Crippen LogP contribution in [0.25, 0.3) is 10.8 Å². The van der Waals surface area contributed by atoms with Gasteiger partial charge in [-0.2, -0.15) is 0 Å². The molecular formula is C21H27N3O. The van der Waals surface area contributed by atoms with Crippen molar-refractivity contribution < 1.29 is 5.21 Å². The van der Waals surface area contributed by atoms with Crippen LogP contribution < -0.4 is 5.32 Å². The standard InChI is InChI=1S/C19H21N3O.C2H6/c23-22-13-18(16-7-9-20-10-8-16)19(21-22)12-14-5-6-15-3-1-2-4-17(15)11-14;1-2/h1-6,11,13,16,20,23H,7-10,12H2;1-2H3. The van der Waals surface area contributed by atoms with E-state index in [0.717, 1.165) is 42.9 Å². The number of nitrogens with one attached hydrogen (secondary N) is 1. The average molecular weight is 337 g/mol. The summed E-state index contributed by atoms with van der Waals surface area (Å²) in [5.41, 5.74) is 3.43. The largest absolute Gasteiger partial charge is 0.412 e. The lowest BCUT2D eigenvalue weighted by molar-refractivity contribution is 0.147. The first-order valence-corrected chi connectivity index (χ1v) is 9.26. The van der Waals surface area contributed by atoms with Gasteiger partial charge in [0.2, 0.25) is 0 Å². The molecule has 2 aromatic carbocycles. The highest BCUT2D eigenvalue weighted by molar-refractivity contribution is 5.83. The molecule has 1 saturated heterocycles. The molecule has 1 fully saturated rings. The van der Waals surface area contributed by atoms with Gasteiger partial charge in [0.25, 0.3) is 0 Å². The zero-order chi connectivity index (χ0) is 17.6. The van der Waals surface area contributed by atoms with Crippen LogP contribution in [0.2, 0.25) is 0 Å². The third kappa shape index (κ3) is 4.02. The van der Waals surface area contributed by atoms with E-state index in [1.54, 1.807) is 6.20 Å². The van der Waals surface area contributed by atoms with Crippen molar-refractivity contribution in [3.05, 3.63) is 65.5 Å². The number of hydrogen-bond acceptors (Lipinski definition) is 3. The molecule has 25 heavy (non-hydrogen) atoms. The predicted octanol–water partition coefficient (Wildman–Crippen LogP) is 4.36. The molecule has 4 nitrogen and oxygen atoms in total. The van der Waals surface area contributed by atoms with Crippen molar-refractivity contribution in [1.82, 2.24) is 15.3 Å². The van der Waals surface area contributed by atoms with Crippen molar-refractivity contribution in [1.29, 1.82) is 0 Å². The minimum atomic E-state index is 0.493. The van der Waals surface area contributed by atoms with Gasteiger partial charge in [0.1, 0.15) is 0 Å². The van der Waals surface area contributed by atoms with Crippen LogP contribution >= 0.6 is 0 Å². The van der Waals surface area contributed by atoms with Crippen molar-refractivity contribution in [3.8, 4) is 0 Å². The zero-order valence-corrected chi connectivity index (χ0v) is 15.1. The molecule has 2 heterocycles. The molecule has 0 bridgehead atoms. The van der Waals surface area contributed by atoms with Gasteiger partial charge in [-0.25, -0.2) is 0 Å². The Kier molecular flexibility index (Phi) is 5.71. The quantitative estimate of drug-likeness (QED) is 0.698. The average Bonchev–Trinajstić information content (AvgIpc) is 3.04. The van der Waals surface area contributed by atoms with Gasteiger partial charge in [-0.15, -0.1) is 9.94 Å². The van der Waals surface area contributed by atoms with Crippen LogP contribution in [-0.4, -0.2) is 28.2 Å². The zero-order valence-electron chi connectivity index (χ0n) is 15.1. The molecule has 0 saturated carbocycles. The van der Waals surface area contributed by atoms with Gasteiger partial charge in [-0.05, 0) is 48.2 Å². The van der Waals surface area contributed by atoms with Crippen LogP contribution in [0.15, 0.2) is 48.7 Å². The summed E-state index contributed by atoms with van der Waals surface area (Å²) in [4.78, 5) is 0.980. The lowest BCUT2D eigenvalue weighted by Gasteiger charge is -2.22. The molecular weight excluding hydrogens is 310 g/mol. The SMILES string of the molecule is CC.On1cc(C2CCNCC2)c(Cc2ccc3ccccc3c2)n1. The topological polar surface area (TPSA) is 50.1 Å². The maximum Gasteiger partial charge on any atom is 0.0738 e. The van der Waals surface area contributed by atoms with Crippen molar-refractivity contribution >= 4 is 10.8 Å². The molecule has 3 aromatic rings. The van der Waals surface area contributed by atoms with Gasteiger partial charge in [-0.3, -0.25) is 0 Å². The van der Waals surface area contributed by atoms with E-state index in [-0.39, 0.29) is 0 Å². The van der Waals surface area contributed by atoms with E-state index in [0.29, 0.717) is 5.92 Å². The summed E-state index contributed by atoms with van der Waals surface area (Å²) in [6.07, 6.45) is 4.76. The maximum atomic E-state index is 9.80. The first kappa shape index (κ1) is 17.5. The molecule has 1 aliphatic heterocycles. The normalized spacial score (nSPS) is 15.0. The molecule has 2 N–H and O–H groups in total. The van der Waals surface area contributed by atoms with E-state index in [4.69, 9.17) is 0 Å². The Morgan fingerprint density at radius 3 is 2.56 bits per heavy atom. The second-order valence-corrected chi connectivity index (χ2v) is 6.33. The number of rotatable bonds is 3. The highest BCUT2D eigenvalue weighted by Crippen LogP contribution is 2.29. The van der Waals surface area contributed by atoms with Crippen LogP contribution in [0.3, 0.4) is 0 Å². The second-order valence-electron chi connectivity index (χ2n) is 6.33. The first-order chi connectivity index (χ1) is 12.3. The van der Waals surface area contributed by atoms with Crippen molar-refractivity contribution in [2.45, 2.75) is 39.0 Å². The summed E-state index contributed by atoms with van der Waals surface area (Å²) >= 11 is 0. The van der Waals surface area contributed by atoms with Gasteiger partial charge >= 0.3 is 0 Å². The smallest absolute Gasteiger partial charge is 0.0738 e. The summed E-state index contributed by atoms with van der Waals surface area (Å²) in [6, 6.07) is 14.9. The Bertz CT molecular complexity index is 819. The Hall–Kier alpha value is -2.33.